The minimum atomic E-state index is -0.0494. The molecule has 0 amide bonds. The van der Waals surface area contributed by atoms with E-state index in [1.54, 1.807) is 0 Å². The highest BCUT2D eigenvalue weighted by molar-refractivity contribution is 5.69. The number of aryl methyl sites for hydroxylation is 1. The normalized spacial score (nSPS) is 22.9. The molecule has 0 aliphatic heterocycles. The molecule has 0 aromatic heterocycles. The molecule has 1 fully saturated rings. The Bertz CT molecular complexity index is 372. The maximum Gasteiger partial charge on any atom is 0.305 e. The van der Waals surface area contributed by atoms with Gasteiger partial charge in [0.15, 0.2) is 0 Å². The second-order valence-electron chi connectivity index (χ2n) is 5.26. The van der Waals surface area contributed by atoms with Crippen molar-refractivity contribution in [3.63, 3.8) is 0 Å². The third-order valence-electron chi connectivity index (χ3n) is 4.12. The van der Waals surface area contributed by atoms with Crippen LogP contribution >= 0.6 is 0 Å². The predicted molar refractivity (Wildman–Crippen MR) is 72.2 cm³/mol. The Morgan fingerprint density at radius 3 is 2.67 bits per heavy atom. The van der Waals surface area contributed by atoms with E-state index in [2.05, 4.69) is 30.3 Å². The van der Waals surface area contributed by atoms with Gasteiger partial charge in [0.05, 0.1) is 7.11 Å². The molecule has 2 atom stereocenters. The molecule has 0 saturated heterocycles. The first-order valence-electron chi connectivity index (χ1n) is 6.90. The molecule has 0 heterocycles. The lowest BCUT2D eigenvalue weighted by Gasteiger charge is -2.18. The van der Waals surface area contributed by atoms with Crippen LogP contribution in [-0.2, 0) is 16.0 Å². The highest BCUT2D eigenvalue weighted by atomic mass is 16.5. The standard InChI is InChI=1S/C16H22O2/c1-18-16(17)12-15-9-5-8-14(15)11-10-13-6-3-2-4-7-13/h2-4,6-7,14-15H,5,8-12H2,1H3/t14-,15+/m0/s1. The topological polar surface area (TPSA) is 26.3 Å². The number of carbonyl (C=O) groups is 1. The first-order chi connectivity index (χ1) is 8.79. The van der Waals surface area contributed by atoms with E-state index in [1.165, 1.54) is 38.4 Å². The van der Waals surface area contributed by atoms with Crippen molar-refractivity contribution in [2.24, 2.45) is 11.8 Å². The molecule has 98 valence electrons. The Hall–Kier alpha value is -1.31. The Morgan fingerprint density at radius 1 is 1.22 bits per heavy atom. The predicted octanol–water partition coefficient (Wildman–Crippen LogP) is 3.60. The summed E-state index contributed by atoms with van der Waals surface area (Å²) in [4.78, 5) is 11.4. The molecule has 18 heavy (non-hydrogen) atoms. The van der Waals surface area contributed by atoms with Gasteiger partial charge in [-0.2, -0.15) is 0 Å². The Kier molecular flexibility index (Phi) is 4.80. The van der Waals surface area contributed by atoms with Crippen molar-refractivity contribution in [3.8, 4) is 0 Å². The quantitative estimate of drug-likeness (QED) is 0.742. The fourth-order valence-electron chi connectivity index (χ4n) is 3.06. The van der Waals surface area contributed by atoms with Gasteiger partial charge >= 0.3 is 5.97 Å². The van der Waals surface area contributed by atoms with Crippen molar-refractivity contribution in [2.75, 3.05) is 7.11 Å². The molecular formula is C16H22O2. The molecular weight excluding hydrogens is 224 g/mol. The van der Waals surface area contributed by atoms with E-state index in [4.69, 9.17) is 4.74 Å². The third-order valence-corrected chi connectivity index (χ3v) is 4.12. The van der Waals surface area contributed by atoms with Gasteiger partial charge < -0.3 is 4.74 Å². The number of benzene rings is 1. The number of carbonyl (C=O) groups excluding carboxylic acids is 1. The van der Waals surface area contributed by atoms with E-state index in [0.717, 1.165) is 6.42 Å². The third kappa shape index (κ3) is 3.59. The maximum absolute atomic E-state index is 11.4. The molecule has 1 aromatic carbocycles. The summed E-state index contributed by atoms with van der Waals surface area (Å²) in [5.41, 5.74) is 1.40. The van der Waals surface area contributed by atoms with Crippen LogP contribution in [-0.4, -0.2) is 13.1 Å². The molecule has 0 N–H and O–H groups in total. The molecule has 0 bridgehead atoms. The van der Waals surface area contributed by atoms with Crippen molar-refractivity contribution >= 4 is 5.97 Å². The van der Waals surface area contributed by atoms with E-state index in [1.807, 2.05) is 0 Å². The molecule has 0 unspecified atom stereocenters. The Balaban J connectivity index is 1.83. The van der Waals surface area contributed by atoms with Gasteiger partial charge in [-0.25, -0.2) is 0 Å². The molecule has 0 radical (unpaired) electrons. The van der Waals surface area contributed by atoms with Crippen LogP contribution in [0, 0.1) is 11.8 Å². The number of rotatable bonds is 5. The summed E-state index contributed by atoms with van der Waals surface area (Å²) in [6.45, 7) is 0. The molecule has 2 rings (SSSR count). The molecule has 1 aliphatic carbocycles. The first kappa shape index (κ1) is 13.1. The van der Waals surface area contributed by atoms with Crippen LogP contribution in [0.2, 0.25) is 0 Å². The molecule has 0 spiro atoms. The summed E-state index contributed by atoms with van der Waals surface area (Å²) in [6.07, 6.45) is 6.66. The van der Waals surface area contributed by atoms with E-state index in [-0.39, 0.29) is 5.97 Å². The minimum absolute atomic E-state index is 0.0494. The maximum atomic E-state index is 11.4. The van der Waals surface area contributed by atoms with Crippen LogP contribution in [0.1, 0.15) is 37.7 Å². The van der Waals surface area contributed by atoms with Gasteiger partial charge in [0, 0.05) is 6.42 Å². The number of esters is 1. The van der Waals surface area contributed by atoms with E-state index < -0.39 is 0 Å². The number of hydrogen-bond donors (Lipinski definition) is 0. The monoisotopic (exact) mass is 246 g/mol. The van der Waals surface area contributed by atoms with Gasteiger partial charge in [-0.3, -0.25) is 4.79 Å². The highest BCUT2D eigenvalue weighted by Gasteiger charge is 2.28. The zero-order valence-electron chi connectivity index (χ0n) is 11.1. The summed E-state index contributed by atoms with van der Waals surface area (Å²) in [6, 6.07) is 10.6. The molecule has 1 aromatic rings. The summed E-state index contributed by atoms with van der Waals surface area (Å²) in [5.74, 6) is 1.19. The van der Waals surface area contributed by atoms with Crippen molar-refractivity contribution in [1.29, 1.82) is 0 Å². The van der Waals surface area contributed by atoms with Crippen LogP contribution in [0.15, 0.2) is 30.3 Å². The number of methoxy groups -OCH3 is 1. The summed E-state index contributed by atoms with van der Waals surface area (Å²) in [7, 11) is 1.48. The van der Waals surface area contributed by atoms with E-state index in [0.29, 0.717) is 18.3 Å². The van der Waals surface area contributed by atoms with Crippen LogP contribution in [0.3, 0.4) is 0 Å². The lowest BCUT2D eigenvalue weighted by Crippen LogP contribution is -2.15. The SMILES string of the molecule is COC(=O)C[C@H]1CCC[C@H]1CCc1ccccc1. The zero-order chi connectivity index (χ0) is 12.8. The number of ether oxygens (including phenoxy) is 1. The van der Waals surface area contributed by atoms with Gasteiger partial charge in [-0.15, -0.1) is 0 Å². The highest BCUT2D eigenvalue weighted by Crippen LogP contribution is 2.37. The Morgan fingerprint density at radius 2 is 1.94 bits per heavy atom. The molecule has 2 heteroatoms. The van der Waals surface area contributed by atoms with Crippen LogP contribution in [0.4, 0.5) is 0 Å². The fourth-order valence-corrected chi connectivity index (χ4v) is 3.06. The van der Waals surface area contributed by atoms with Gasteiger partial charge in [-0.1, -0.05) is 43.2 Å². The van der Waals surface area contributed by atoms with Crippen LogP contribution in [0.25, 0.3) is 0 Å². The average Bonchev–Trinajstić information content (AvgIpc) is 2.84. The van der Waals surface area contributed by atoms with Crippen molar-refractivity contribution < 1.29 is 9.53 Å². The zero-order valence-corrected chi connectivity index (χ0v) is 11.1. The lowest BCUT2D eigenvalue weighted by molar-refractivity contribution is -0.142. The average molecular weight is 246 g/mol. The van der Waals surface area contributed by atoms with E-state index >= 15 is 0 Å². The second kappa shape index (κ2) is 6.58. The van der Waals surface area contributed by atoms with Crippen LogP contribution < -0.4 is 0 Å². The van der Waals surface area contributed by atoms with Crippen LogP contribution in [0.5, 0.6) is 0 Å². The van der Waals surface area contributed by atoms with Gasteiger partial charge in [-0.05, 0) is 36.7 Å². The van der Waals surface area contributed by atoms with E-state index in [9.17, 15) is 4.79 Å². The van der Waals surface area contributed by atoms with Crippen molar-refractivity contribution in [2.45, 2.75) is 38.5 Å². The van der Waals surface area contributed by atoms with Gasteiger partial charge in [0.1, 0.15) is 0 Å². The molecule has 1 saturated carbocycles. The first-order valence-corrected chi connectivity index (χ1v) is 6.90. The van der Waals surface area contributed by atoms with Crippen molar-refractivity contribution in [1.82, 2.24) is 0 Å². The van der Waals surface area contributed by atoms with Gasteiger partial charge in [0.2, 0.25) is 0 Å². The molecule has 2 nitrogen and oxygen atoms in total. The molecule has 1 aliphatic rings. The summed E-state index contributed by atoms with van der Waals surface area (Å²) in [5, 5.41) is 0. The smallest absolute Gasteiger partial charge is 0.305 e. The summed E-state index contributed by atoms with van der Waals surface area (Å²) >= 11 is 0. The fraction of sp³-hybridized carbons (Fsp3) is 0.562. The summed E-state index contributed by atoms with van der Waals surface area (Å²) < 4.78 is 4.78. The minimum Gasteiger partial charge on any atom is -0.469 e. The Labute approximate surface area is 109 Å². The van der Waals surface area contributed by atoms with Gasteiger partial charge in [0.25, 0.3) is 0 Å². The lowest BCUT2D eigenvalue weighted by atomic mass is 9.88. The van der Waals surface area contributed by atoms with Crippen molar-refractivity contribution in [3.05, 3.63) is 35.9 Å². The largest absolute Gasteiger partial charge is 0.469 e. The number of hydrogen-bond acceptors (Lipinski definition) is 2. The second-order valence-corrected chi connectivity index (χ2v) is 5.26.